The van der Waals surface area contributed by atoms with Gasteiger partial charge in [-0.25, -0.2) is 4.39 Å². The molecule has 0 N–H and O–H groups in total. The van der Waals surface area contributed by atoms with Crippen LogP contribution in [0.1, 0.15) is 22.9 Å². The molecule has 78 valence electrons. The summed E-state index contributed by atoms with van der Waals surface area (Å²) in [5.74, 6) is -1.23. The molecule has 0 aliphatic heterocycles. The molecule has 0 aromatic heterocycles. The smallest absolute Gasteiger partial charge is 0.206 e. The Hall–Kier alpha value is -0.580. The summed E-state index contributed by atoms with van der Waals surface area (Å²) in [7, 11) is 0. The monoisotopic (exact) mass is 270 g/mol. The largest absolute Gasteiger partial charge is 0.419 e. The van der Waals surface area contributed by atoms with Crippen LogP contribution in [0.3, 0.4) is 0 Å². The molecule has 0 amide bonds. The van der Waals surface area contributed by atoms with Gasteiger partial charge in [0.25, 0.3) is 0 Å². The van der Waals surface area contributed by atoms with Crippen molar-refractivity contribution in [1.29, 1.82) is 0 Å². The highest BCUT2D eigenvalue weighted by atomic mass is 79.9. The van der Waals surface area contributed by atoms with Gasteiger partial charge in [-0.3, -0.25) is 0 Å². The maximum Gasteiger partial charge on any atom is 0.419 e. The standard InChI is InChI=1S/C9H7BrF4/c1-5(10)6-3-2-4-7(11)8(6)9(12,13)14/h2-5H,1H3. The molecule has 14 heavy (non-hydrogen) atoms. The van der Waals surface area contributed by atoms with E-state index >= 15 is 0 Å². The van der Waals surface area contributed by atoms with Crippen molar-refractivity contribution in [2.45, 2.75) is 17.9 Å². The van der Waals surface area contributed by atoms with Gasteiger partial charge in [0.05, 0.1) is 5.56 Å². The molecule has 1 rings (SSSR count). The van der Waals surface area contributed by atoms with Crippen LogP contribution in [0, 0.1) is 5.82 Å². The molecule has 0 bridgehead atoms. The lowest BCUT2D eigenvalue weighted by molar-refractivity contribution is -0.140. The number of hydrogen-bond acceptors (Lipinski definition) is 0. The Morgan fingerprint density at radius 3 is 2.21 bits per heavy atom. The summed E-state index contributed by atoms with van der Waals surface area (Å²) >= 11 is 2.99. The Labute approximate surface area is 87.1 Å². The van der Waals surface area contributed by atoms with Gasteiger partial charge >= 0.3 is 6.18 Å². The summed E-state index contributed by atoms with van der Waals surface area (Å²) in [5, 5.41) is 0. The lowest BCUT2D eigenvalue weighted by atomic mass is 10.0. The van der Waals surface area contributed by atoms with E-state index in [2.05, 4.69) is 15.9 Å². The van der Waals surface area contributed by atoms with Crippen LogP contribution in [0.2, 0.25) is 0 Å². The number of alkyl halides is 4. The van der Waals surface area contributed by atoms with E-state index in [4.69, 9.17) is 0 Å². The SMILES string of the molecule is CC(Br)c1cccc(F)c1C(F)(F)F. The summed E-state index contributed by atoms with van der Waals surface area (Å²) in [5.41, 5.74) is -1.28. The minimum Gasteiger partial charge on any atom is -0.206 e. The fraction of sp³-hybridized carbons (Fsp3) is 0.333. The zero-order valence-corrected chi connectivity index (χ0v) is 8.79. The third kappa shape index (κ3) is 2.26. The van der Waals surface area contributed by atoms with Crippen LogP contribution < -0.4 is 0 Å². The van der Waals surface area contributed by atoms with Gasteiger partial charge in [-0.05, 0) is 18.6 Å². The summed E-state index contributed by atoms with van der Waals surface area (Å²) in [4.78, 5) is -0.533. The zero-order valence-electron chi connectivity index (χ0n) is 7.20. The van der Waals surface area contributed by atoms with Crippen molar-refractivity contribution in [3.05, 3.63) is 35.1 Å². The van der Waals surface area contributed by atoms with Crippen molar-refractivity contribution in [2.75, 3.05) is 0 Å². The van der Waals surface area contributed by atoms with Gasteiger partial charge < -0.3 is 0 Å². The van der Waals surface area contributed by atoms with Gasteiger partial charge in [-0.2, -0.15) is 13.2 Å². The normalized spacial score (nSPS) is 14.1. The van der Waals surface area contributed by atoms with E-state index in [1.807, 2.05) is 0 Å². The lowest BCUT2D eigenvalue weighted by Gasteiger charge is -2.14. The average Bonchev–Trinajstić information content (AvgIpc) is 2.01. The molecule has 1 aromatic carbocycles. The van der Waals surface area contributed by atoms with Crippen molar-refractivity contribution >= 4 is 15.9 Å². The summed E-state index contributed by atoms with van der Waals surface area (Å²) in [6.07, 6.45) is -4.65. The van der Waals surface area contributed by atoms with E-state index in [0.29, 0.717) is 0 Å². The van der Waals surface area contributed by atoms with Crippen LogP contribution in [-0.2, 0) is 6.18 Å². The maximum absolute atomic E-state index is 13.0. The highest BCUT2D eigenvalue weighted by molar-refractivity contribution is 9.09. The van der Waals surface area contributed by atoms with Crippen LogP contribution in [0.15, 0.2) is 18.2 Å². The van der Waals surface area contributed by atoms with E-state index < -0.39 is 22.4 Å². The quantitative estimate of drug-likeness (QED) is 0.527. The second kappa shape index (κ2) is 3.88. The van der Waals surface area contributed by atoms with Crippen LogP contribution in [0.4, 0.5) is 17.6 Å². The van der Waals surface area contributed by atoms with Crippen LogP contribution in [0.5, 0.6) is 0 Å². The summed E-state index contributed by atoms with van der Waals surface area (Å²) in [6.45, 7) is 1.52. The number of rotatable bonds is 1. The molecule has 1 atom stereocenters. The number of hydrogen-bond donors (Lipinski definition) is 0. The van der Waals surface area contributed by atoms with Gasteiger partial charge in [0, 0.05) is 4.83 Å². The van der Waals surface area contributed by atoms with Crippen molar-refractivity contribution in [1.82, 2.24) is 0 Å². The average molecular weight is 271 g/mol. The van der Waals surface area contributed by atoms with E-state index in [-0.39, 0.29) is 5.56 Å². The molecule has 0 nitrogen and oxygen atoms in total. The molecule has 0 spiro atoms. The predicted octanol–water partition coefficient (Wildman–Crippen LogP) is 4.30. The minimum absolute atomic E-state index is 0.0856. The van der Waals surface area contributed by atoms with Crippen molar-refractivity contribution in [3.8, 4) is 0 Å². The van der Waals surface area contributed by atoms with Gasteiger partial charge in [-0.15, -0.1) is 0 Å². The predicted molar refractivity (Wildman–Crippen MR) is 48.7 cm³/mol. The Bertz CT molecular complexity index is 330. The first-order valence-electron chi connectivity index (χ1n) is 3.83. The highest BCUT2D eigenvalue weighted by Crippen LogP contribution is 2.38. The van der Waals surface area contributed by atoms with Crippen LogP contribution >= 0.6 is 15.9 Å². The third-order valence-electron chi connectivity index (χ3n) is 1.76. The molecule has 0 radical (unpaired) electrons. The third-order valence-corrected chi connectivity index (χ3v) is 2.25. The fourth-order valence-electron chi connectivity index (χ4n) is 1.17. The molecule has 0 aliphatic rings. The first-order chi connectivity index (χ1) is 6.34. The van der Waals surface area contributed by atoms with Crippen molar-refractivity contribution in [3.63, 3.8) is 0 Å². The Kier molecular flexibility index (Phi) is 3.19. The zero-order chi connectivity index (χ0) is 10.9. The van der Waals surface area contributed by atoms with Crippen molar-refractivity contribution < 1.29 is 17.6 Å². The molecular formula is C9H7BrF4. The molecular weight excluding hydrogens is 264 g/mol. The molecule has 0 fully saturated rings. The van der Waals surface area contributed by atoms with E-state index in [0.717, 1.165) is 6.07 Å². The number of benzene rings is 1. The van der Waals surface area contributed by atoms with Crippen molar-refractivity contribution in [2.24, 2.45) is 0 Å². The number of halogens is 5. The van der Waals surface area contributed by atoms with E-state index in [1.54, 1.807) is 0 Å². The van der Waals surface area contributed by atoms with Gasteiger partial charge in [0.15, 0.2) is 0 Å². The molecule has 0 saturated carbocycles. The molecule has 1 aromatic rings. The van der Waals surface area contributed by atoms with Crippen LogP contribution in [-0.4, -0.2) is 0 Å². The summed E-state index contributed by atoms with van der Waals surface area (Å²) in [6, 6.07) is 3.32. The van der Waals surface area contributed by atoms with E-state index in [9.17, 15) is 17.6 Å². The first-order valence-corrected chi connectivity index (χ1v) is 4.75. The van der Waals surface area contributed by atoms with Crippen LogP contribution in [0.25, 0.3) is 0 Å². The maximum atomic E-state index is 13.0. The molecule has 5 heteroatoms. The molecule has 0 aliphatic carbocycles. The van der Waals surface area contributed by atoms with Gasteiger partial charge in [0.2, 0.25) is 0 Å². The van der Waals surface area contributed by atoms with Gasteiger partial charge in [0.1, 0.15) is 5.82 Å². The first kappa shape index (κ1) is 11.5. The second-order valence-corrected chi connectivity index (χ2v) is 4.19. The molecule has 0 saturated heterocycles. The second-order valence-electron chi connectivity index (χ2n) is 2.82. The fourth-order valence-corrected chi connectivity index (χ4v) is 1.55. The topological polar surface area (TPSA) is 0 Å². The Balaban J connectivity index is 3.38. The highest BCUT2D eigenvalue weighted by Gasteiger charge is 2.37. The molecule has 1 unspecified atom stereocenters. The Morgan fingerprint density at radius 2 is 1.86 bits per heavy atom. The molecule has 0 heterocycles. The van der Waals surface area contributed by atoms with E-state index in [1.165, 1.54) is 19.1 Å². The Morgan fingerprint density at radius 1 is 1.29 bits per heavy atom. The minimum atomic E-state index is -4.65. The summed E-state index contributed by atoms with van der Waals surface area (Å²) < 4.78 is 50.2. The lowest BCUT2D eigenvalue weighted by Crippen LogP contribution is -2.12. The van der Waals surface area contributed by atoms with Gasteiger partial charge in [-0.1, -0.05) is 28.1 Å².